The van der Waals surface area contributed by atoms with Crippen LogP contribution in [0.3, 0.4) is 0 Å². The first-order valence-electron chi connectivity index (χ1n) is 9.90. The van der Waals surface area contributed by atoms with Crippen molar-refractivity contribution in [1.82, 2.24) is 0 Å². The van der Waals surface area contributed by atoms with Crippen LogP contribution < -0.4 is 4.72 Å². The van der Waals surface area contributed by atoms with E-state index in [0.717, 1.165) is 33.9 Å². The molecule has 3 aromatic carbocycles. The van der Waals surface area contributed by atoms with Gasteiger partial charge in [0, 0.05) is 11.8 Å². The molecule has 0 aromatic heterocycles. The molecule has 1 aliphatic rings. The van der Waals surface area contributed by atoms with Crippen LogP contribution in [0.15, 0.2) is 71.6 Å². The van der Waals surface area contributed by atoms with E-state index in [0.29, 0.717) is 12.3 Å². The number of carbonyl (C=O) groups excluding carboxylic acids is 1. The third-order valence-corrected chi connectivity index (χ3v) is 6.70. The number of nitrogens with one attached hydrogen (secondary N) is 1. The van der Waals surface area contributed by atoms with Crippen molar-refractivity contribution in [3.05, 3.63) is 77.9 Å². The van der Waals surface area contributed by atoms with Gasteiger partial charge in [0.25, 0.3) is 10.0 Å². The van der Waals surface area contributed by atoms with E-state index in [4.69, 9.17) is 4.74 Å². The number of sulfonamides is 1. The lowest BCUT2D eigenvalue weighted by Gasteiger charge is -2.11. The van der Waals surface area contributed by atoms with Gasteiger partial charge in [0.1, 0.15) is 0 Å². The topological polar surface area (TPSA) is 72.5 Å². The second-order valence-electron chi connectivity index (χ2n) is 7.44. The van der Waals surface area contributed by atoms with Crippen molar-refractivity contribution < 1.29 is 17.9 Å². The maximum Gasteiger partial charge on any atom is 0.331 e. The van der Waals surface area contributed by atoms with Gasteiger partial charge in [0.05, 0.1) is 11.5 Å². The molecule has 1 aliphatic carbocycles. The molecule has 1 unspecified atom stereocenters. The van der Waals surface area contributed by atoms with Crippen molar-refractivity contribution in [2.24, 2.45) is 5.92 Å². The zero-order valence-electron chi connectivity index (χ0n) is 16.9. The number of ether oxygens (including phenoxy) is 1. The van der Waals surface area contributed by atoms with Gasteiger partial charge in [-0.15, -0.1) is 0 Å². The largest absolute Gasteiger partial charge is 0.463 e. The number of rotatable bonds is 5. The van der Waals surface area contributed by atoms with Gasteiger partial charge in [0.2, 0.25) is 0 Å². The minimum Gasteiger partial charge on any atom is -0.463 e. The molecule has 0 amide bonds. The molecule has 0 aliphatic heterocycles. The highest BCUT2D eigenvalue weighted by Crippen LogP contribution is 2.38. The molecule has 0 saturated heterocycles. The number of esters is 1. The monoisotopic (exact) mass is 421 g/mol. The molecular formula is C24H23NO4S. The third kappa shape index (κ3) is 3.96. The van der Waals surface area contributed by atoms with Crippen LogP contribution in [-0.2, 0) is 26.0 Å². The molecular weight excluding hydrogens is 398 g/mol. The molecule has 4 rings (SSSR count). The van der Waals surface area contributed by atoms with Crippen molar-refractivity contribution in [3.63, 3.8) is 0 Å². The summed E-state index contributed by atoms with van der Waals surface area (Å²) in [6, 6.07) is 18.2. The Bertz CT molecular complexity index is 1260. The lowest BCUT2D eigenvalue weighted by atomic mass is 10.0. The Hall–Kier alpha value is -3.12. The maximum atomic E-state index is 13.0. The van der Waals surface area contributed by atoms with Crippen LogP contribution in [0.4, 0.5) is 5.69 Å². The normalized spacial score (nSPS) is 17.1. The highest BCUT2D eigenvalue weighted by molar-refractivity contribution is 7.92. The Morgan fingerprint density at radius 1 is 1.10 bits per heavy atom. The summed E-state index contributed by atoms with van der Waals surface area (Å²) >= 11 is 0. The lowest BCUT2D eigenvalue weighted by Crippen LogP contribution is -2.13. The van der Waals surface area contributed by atoms with E-state index in [-0.39, 0.29) is 16.8 Å². The second-order valence-corrected chi connectivity index (χ2v) is 9.13. The Kier molecular flexibility index (Phi) is 5.35. The summed E-state index contributed by atoms with van der Waals surface area (Å²) in [6.45, 7) is 4.13. The first-order chi connectivity index (χ1) is 14.4. The number of carbonyl (C=O) groups is 1. The molecule has 1 N–H and O–H groups in total. The van der Waals surface area contributed by atoms with Gasteiger partial charge >= 0.3 is 5.97 Å². The maximum absolute atomic E-state index is 13.0. The molecule has 5 nitrogen and oxygen atoms in total. The van der Waals surface area contributed by atoms with Crippen LogP contribution >= 0.6 is 0 Å². The summed E-state index contributed by atoms with van der Waals surface area (Å²) < 4.78 is 33.6. The van der Waals surface area contributed by atoms with Crippen molar-refractivity contribution in [1.29, 1.82) is 0 Å². The van der Waals surface area contributed by atoms with Crippen molar-refractivity contribution >= 4 is 38.0 Å². The molecule has 0 saturated carbocycles. The van der Waals surface area contributed by atoms with Gasteiger partial charge in [-0.05, 0) is 71.0 Å². The van der Waals surface area contributed by atoms with Crippen LogP contribution in [0.1, 0.15) is 25.0 Å². The Balaban J connectivity index is 1.65. The zero-order chi connectivity index (χ0) is 21.3. The first-order valence-corrected chi connectivity index (χ1v) is 11.4. The number of allylic oxidation sites excluding steroid dienone is 1. The summed E-state index contributed by atoms with van der Waals surface area (Å²) in [5, 5.41) is 1.85. The van der Waals surface area contributed by atoms with Crippen LogP contribution in [0.2, 0.25) is 0 Å². The van der Waals surface area contributed by atoms with Gasteiger partial charge in [-0.1, -0.05) is 43.3 Å². The van der Waals surface area contributed by atoms with Crippen LogP contribution in [0.25, 0.3) is 16.3 Å². The fraction of sp³-hybridized carbons (Fsp3) is 0.208. The zero-order valence-corrected chi connectivity index (χ0v) is 17.7. The molecule has 0 spiro atoms. The first kappa shape index (κ1) is 20.2. The van der Waals surface area contributed by atoms with E-state index in [2.05, 4.69) is 4.72 Å². The van der Waals surface area contributed by atoms with Gasteiger partial charge in [-0.3, -0.25) is 4.72 Å². The standard InChI is InChI=1S/C24H23NO4S/c1-3-29-24(26)15-22-16(2)12-19-8-10-20(14-23(19)22)25-30(27,28)21-11-9-17-6-4-5-7-18(17)13-21/h4-11,13-16,25H,3,12H2,1-2H3/b22-15-. The van der Waals surface area contributed by atoms with E-state index in [1.807, 2.05) is 37.3 Å². The highest BCUT2D eigenvalue weighted by atomic mass is 32.2. The summed E-state index contributed by atoms with van der Waals surface area (Å²) in [4.78, 5) is 12.2. The summed E-state index contributed by atoms with van der Waals surface area (Å²) in [6.07, 6.45) is 2.32. The predicted octanol–water partition coefficient (Wildman–Crippen LogP) is 4.78. The molecule has 0 fully saturated rings. The Labute approximate surface area is 176 Å². The van der Waals surface area contributed by atoms with Gasteiger partial charge in [0.15, 0.2) is 0 Å². The van der Waals surface area contributed by atoms with Crippen molar-refractivity contribution in [2.75, 3.05) is 11.3 Å². The van der Waals surface area contributed by atoms with Crippen molar-refractivity contribution in [3.8, 4) is 0 Å². The number of benzene rings is 3. The number of anilines is 1. The van der Waals surface area contributed by atoms with Crippen molar-refractivity contribution in [2.45, 2.75) is 25.2 Å². The van der Waals surface area contributed by atoms with Gasteiger partial charge in [-0.25, -0.2) is 13.2 Å². The average molecular weight is 422 g/mol. The third-order valence-electron chi connectivity index (χ3n) is 5.32. The summed E-state index contributed by atoms with van der Waals surface area (Å²) in [5.74, 6) is -0.217. The second kappa shape index (κ2) is 7.95. The van der Waals surface area contributed by atoms with Crippen LogP contribution in [0, 0.1) is 5.92 Å². The molecule has 6 heteroatoms. The molecule has 0 radical (unpaired) electrons. The molecule has 0 bridgehead atoms. The summed E-state index contributed by atoms with van der Waals surface area (Å²) in [7, 11) is -3.75. The van der Waals surface area contributed by atoms with E-state index < -0.39 is 10.0 Å². The van der Waals surface area contributed by atoms with E-state index in [1.54, 1.807) is 37.3 Å². The average Bonchev–Trinajstić information content (AvgIpc) is 3.02. The molecule has 3 aromatic rings. The minimum absolute atomic E-state index is 0.164. The van der Waals surface area contributed by atoms with E-state index >= 15 is 0 Å². The predicted molar refractivity (Wildman–Crippen MR) is 119 cm³/mol. The lowest BCUT2D eigenvalue weighted by molar-refractivity contribution is -0.137. The molecule has 30 heavy (non-hydrogen) atoms. The number of hydrogen-bond donors (Lipinski definition) is 1. The fourth-order valence-electron chi connectivity index (χ4n) is 3.87. The number of hydrogen-bond acceptors (Lipinski definition) is 4. The molecule has 1 atom stereocenters. The summed E-state index contributed by atoms with van der Waals surface area (Å²) in [5.41, 5.74) is 3.31. The molecule has 0 heterocycles. The fourth-order valence-corrected chi connectivity index (χ4v) is 4.96. The number of fused-ring (bicyclic) bond motifs is 2. The van der Waals surface area contributed by atoms with E-state index in [1.165, 1.54) is 6.08 Å². The van der Waals surface area contributed by atoms with Crippen LogP contribution in [0.5, 0.6) is 0 Å². The van der Waals surface area contributed by atoms with E-state index in [9.17, 15) is 13.2 Å². The van der Waals surface area contributed by atoms with Gasteiger partial charge < -0.3 is 4.74 Å². The quantitative estimate of drug-likeness (QED) is 0.475. The Morgan fingerprint density at radius 2 is 1.87 bits per heavy atom. The van der Waals surface area contributed by atoms with Crippen LogP contribution in [-0.4, -0.2) is 21.0 Å². The minimum atomic E-state index is -3.75. The smallest absolute Gasteiger partial charge is 0.331 e. The molecule has 154 valence electrons. The SMILES string of the molecule is CCOC(=O)/C=C1\c2cc(NS(=O)(=O)c3ccc4ccccc4c3)ccc2CC1C. The Morgan fingerprint density at radius 3 is 2.63 bits per heavy atom. The highest BCUT2D eigenvalue weighted by Gasteiger charge is 2.25. The van der Waals surface area contributed by atoms with Gasteiger partial charge in [-0.2, -0.15) is 0 Å².